The molecule has 15 heavy (non-hydrogen) atoms. The number of hydrogen-bond acceptors (Lipinski definition) is 5. The summed E-state index contributed by atoms with van der Waals surface area (Å²) in [5.41, 5.74) is 1.49. The van der Waals surface area contributed by atoms with Gasteiger partial charge in [-0.3, -0.25) is 5.10 Å². The van der Waals surface area contributed by atoms with E-state index in [9.17, 15) is 0 Å². The van der Waals surface area contributed by atoms with Gasteiger partial charge in [0.25, 0.3) is 0 Å². The van der Waals surface area contributed by atoms with E-state index in [1.807, 2.05) is 6.07 Å². The van der Waals surface area contributed by atoms with Gasteiger partial charge in [0.1, 0.15) is 21.7 Å². The van der Waals surface area contributed by atoms with Gasteiger partial charge in [-0.1, -0.05) is 22.9 Å². The van der Waals surface area contributed by atoms with E-state index in [0.717, 1.165) is 15.5 Å². The first-order chi connectivity index (χ1) is 7.34. The molecule has 0 spiro atoms. The van der Waals surface area contributed by atoms with Gasteiger partial charge in [-0.25, -0.2) is 15.0 Å². The Bertz CT molecular complexity index is 603. The van der Waals surface area contributed by atoms with Crippen molar-refractivity contribution in [3.05, 3.63) is 23.7 Å². The fourth-order valence-corrected chi connectivity index (χ4v) is 2.33. The summed E-state index contributed by atoms with van der Waals surface area (Å²) in [5.74, 6) is 0. The highest BCUT2D eigenvalue weighted by Crippen LogP contribution is 2.29. The third kappa shape index (κ3) is 1.38. The van der Waals surface area contributed by atoms with Gasteiger partial charge in [-0.2, -0.15) is 5.10 Å². The molecular formula is C8H4ClN5S. The number of hydrogen-bond donors (Lipinski definition) is 1. The van der Waals surface area contributed by atoms with Crippen molar-refractivity contribution in [2.45, 2.75) is 0 Å². The topological polar surface area (TPSA) is 67.3 Å². The molecular weight excluding hydrogens is 234 g/mol. The molecule has 3 aromatic heterocycles. The number of aromatic amines is 1. The van der Waals surface area contributed by atoms with Crippen LogP contribution in [0.5, 0.6) is 0 Å². The highest BCUT2D eigenvalue weighted by molar-refractivity contribution is 7.21. The lowest BCUT2D eigenvalue weighted by Gasteiger charge is -1.86. The van der Waals surface area contributed by atoms with Crippen LogP contribution in [0.15, 0.2) is 18.6 Å². The zero-order valence-corrected chi connectivity index (χ0v) is 8.88. The Kier molecular flexibility index (Phi) is 1.90. The summed E-state index contributed by atoms with van der Waals surface area (Å²) in [6, 6.07) is 1.85. The summed E-state index contributed by atoms with van der Waals surface area (Å²) in [5, 5.41) is 7.89. The molecule has 74 valence electrons. The van der Waals surface area contributed by atoms with Crippen LogP contribution in [0.1, 0.15) is 0 Å². The van der Waals surface area contributed by atoms with Crippen LogP contribution in [0.2, 0.25) is 5.15 Å². The Morgan fingerprint density at radius 3 is 3.00 bits per heavy atom. The number of halogens is 1. The maximum absolute atomic E-state index is 5.90. The monoisotopic (exact) mass is 237 g/mol. The highest BCUT2D eigenvalue weighted by Gasteiger charge is 2.10. The van der Waals surface area contributed by atoms with Crippen LogP contribution in [0, 0.1) is 0 Å². The quantitative estimate of drug-likeness (QED) is 0.659. The number of H-pyrrole nitrogens is 1. The molecule has 0 aromatic carbocycles. The molecule has 0 bridgehead atoms. The third-order valence-electron chi connectivity index (χ3n) is 1.88. The first-order valence-electron chi connectivity index (χ1n) is 4.11. The zero-order chi connectivity index (χ0) is 10.3. The molecule has 0 atom stereocenters. The lowest BCUT2D eigenvalue weighted by Crippen LogP contribution is -1.80. The van der Waals surface area contributed by atoms with E-state index in [0.29, 0.717) is 10.7 Å². The molecule has 0 amide bonds. The summed E-state index contributed by atoms with van der Waals surface area (Å²) in [7, 11) is 0. The molecule has 0 saturated carbocycles. The van der Waals surface area contributed by atoms with Crippen LogP contribution < -0.4 is 0 Å². The predicted molar refractivity (Wildman–Crippen MR) is 57.8 cm³/mol. The number of aromatic nitrogens is 5. The van der Waals surface area contributed by atoms with Crippen molar-refractivity contribution in [3.8, 4) is 10.7 Å². The second-order valence-corrected chi connectivity index (χ2v) is 4.14. The average molecular weight is 238 g/mol. The van der Waals surface area contributed by atoms with Crippen molar-refractivity contribution in [2.24, 2.45) is 0 Å². The average Bonchev–Trinajstić information content (AvgIpc) is 2.86. The Hall–Kier alpha value is -1.53. The number of thiazole rings is 1. The Morgan fingerprint density at radius 2 is 2.27 bits per heavy atom. The second kappa shape index (κ2) is 3.25. The summed E-state index contributed by atoms with van der Waals surface area (Å²) in [6.45, 7) is 0. The standard InChI is InChI=1S/C8H4ClN5S/c9-6-5-8(11-3-10-6)15-7(13-5)4-1-2-12-14-4/h1-3H,(H,12,14). The van der Waals surface area contributed by atoms with Crippen molar-refractivity contribution in [3.63, 3.8) is 0 Å². The van der Waals surface area contributed by atoms with Crippen LogP contribution in [0.4, 0.5) is 0 Å². The molecule has 0 aliphatic rings. The predicted octanol–water partition coefficient (Wildman–Crippen LogP) is 2.13. The van der Waals surface area contributed by atoms with Crippen LogP contribution in [-0.4, -0.2) is 25.1 Å². The second-order valence-electron chi connectivity index (χ2n) is 2.81. The van der Waals surface area contributed by atoms with E-state index in [4.69, 9.17) is 11.6 Å². The number of fused-ring (bicyclic) bond motifs is 1. The maximum atomic E-state index is 5.90. The first kappa shape index (κ1) is 8.75. The molecule has 0 aliphatic heterocycles. The Morgan fingerprint density at radius 1 is 1.33 bits per heavy atom. The summed E-state index contributed by atoms with van der Waals surface area (Å²) in [4.78, 5) is 13.1. The molecule has 3 rings (SSSR count). The van der Waals surface area contributed by atoms with Crippen LogP contribution in [-0.2, 0) is 0 Å². The van der Waals surface area contributed by atoms with E-state index in [2.05, 4.69) is 25.1 Å². The van der Waals surface area contributed by atoms with E-state index in [-0.39, 0.29) is 0 Å². The maximum Gasteiger partial charge on any atom is 0.159 e. The highest BCUT2D eigenvalue weighted by atomic mass is 35.5. The number of nitrogens with zero attached hydrogens (tertiary/aromatic N) is 4. The molecule has 0 unspecified atom stereocenters. The summed E-state index contributed by atoms with van der Waals surface area (Å²) >= 11 is 7.35. The van der Waals surface area contributed by atoms with E-state index in [1.165, 1.54) is 17.7 Å². The summed E-state index contributed by atoms with van der Waals surface area (Å²) in [6.07, 6.45) is 3.11. The van der Waals surface area contributed by atoms with Crippen LogP contribution >= 0.6 is 22.9 Å². The molecule has 0 aliphatic carbocycles. The lowest BCUT2D eigenvalue weighted by molar-refractivity contribution is 1.09. The van der Waals surface area contributed by atoms with Crippen molar-refractivity contribution < 1.29 is 0 Å². The summed E-state index contributed by atoms with van der Waals surface area (Å²) < 4.78 is 0. The minimum atomic E-state index is 0.377. The molecule has 1 N–H and O–H groups in total. The van der Waals surface area contributed by atoms with Crippen molar-refractivity contribution >= 4 is 33.3 Å². The number of nitrogens with one attached hydrogen (secondary N) is 1. The van der Waals surface area contributed by atoms with Gasteiger partial charge in [-0.15, -0.1) is 0 Å². The zero-order valence-electron chi connectivity index (χ0n) is 7.31. The van der Waals surface area contributed by atoms with Gasteiger partial charge in [0.15, 0.2) is 5.15 Å². The molecule has 0 radical (unpaired) electrons. The normalized spacial score (nSPS) is 11.0. The van der Waals surface area contributed by atoms with E-state index >= 15 is 0 Å². The molecule has 3 heterocycles. The fraction of sp³-hybridized carbons (Fsp3) is 0. The first-order valence-corrected chi connectivity index (χ1v) is 5.31. The molecule has 7 heteroatoms. The van der Waals surface area contributed by atoms with Crippen molar-refractivity contribution in [1.29, 1.82) is 0 Å². The fourth-order valence-electron chi connectivity index (χ4n) is 1.22. The largest absolute Gasteiger partial charge is 0.275 e. The molecule has 5 nitrogen and oxygen atoms in total. The SMILES string of the molecule is Clc1ncnc2sc(-c3ccn[nH]3)nc12. The van der Waals surface area contributed by atoms with E-state index in [1.54, 1.807) is 6.20 Å². The van der Waals surface area contributed by atoms with Crippen molar-refractivity contribution in [2.75, 3.05) is 0 Å². The molecule has 3 aromatic rings. The van der Waals surface area contributed by atoms with Gasteiger partial charge in [0, 0.05) is 6.20 Å². The van der Waals surface area contributed by atoms with Crippen LogP contribution in [0.3, 0.4) is 0 Å². The van der Waals surface area contributed by atoms with E-state index < -0.39 is 0 Å². The number of rotatable bonds is 1. The minimum absolute atomic E-state index is 0.377. The van der Waals surface area contributed by atoms with Gasteiger partial charge in [0.05, 0.1) is 5.69 Å². The van der Waals surface area contributed by atoms with Gasteiger partial charge < -0.3 is 0 Å². The minimum Gasteiger partial charge on any atom is -0.275 e. The smallest absolute Gasteiger partial charge is 0.159 e. The Labute approximate surface area is 93.2 Å². The van der Waals surface area contributed by atoms with Gasteiger partial charge in [0.2, 0.25) is 0 Å². The van der Waals surface area contributed by atoms with Gasteiger partial charge >= 0.3 is 0 Å². The molecule has 0 saturated heterocycles. The Balaban J connectivity index is 2.27. The molecule has 0 fully saturated rings. The van der Waals surface area contributed by atoms with Crippen molar-refractivity contribution in [1.82, 2.24) is 25.1 Å². The lowest BCUT2D eigenvalue weighted by atomic mass is 10.4. The van der Waals surface area contributed by atoms with Gasteiger partial charge in [-0.05, 0) is 6.07 Å². The van der Waals surface area contributed by atoms with Crippen LogP contribution in [0.25, 0.3) is 21.0 Å². The third-order valence-corrected chi connectivity index (χ3v) is 3.16.